The fraction of sp³-hybridized carbons (Fsp3) is 0.696. The Morgan fingerprint density at radius 1 is 1.41 bits per heavy atom. The van der Waals surface area contributed by atoms with Crippen molar-refractivity contribution in [2.75, 3.05) is 7.11 Å². The summed E-state index contributed by atoms with van der Waals surface area (Å²) in [5.74, 6) is 6.93. The maximum atomic E-state index is 11.2. The van der Waals surface area contributed by atoms with E-state index >= 15 is 0 Å². The van der Waals surface area contributed by atoms with Crippen LogP contribution in [0.5, 0.6) is 0 Å². The van der Waals surface area contributed by atoms with Crippen molar-refractivity contribution in [1.82, 2.24) is 0 Å². The Morgan fingerprint density at radius 3 is 2.89 bits per heavy atom. The standard InChI is InChI=1S/C23H34O4/c1-4-5-8-16(2)21(24)12-11-19-20-14-17(13-18(20)15-22(19)25)9-6-7-10-23(26)27-3/h9,11-12,16,18-22,24-25H,6-8,10,13-15H2,1-3H3/b12-11+,17-9+/t16?,18?,19-,20+,21-,22-/m1/s1. The first-order valence-electron chi connectivity index (χ1n) is 10.1. The van der Waals surface area contributed by atoms with E-state index < -0.39 is 6.10 Å². The first kappa shape index (κ1) is 21.7. The third kappa shape index (κ3) is 6.23. The van der Waals surface area contributed by atoms with Gasteiger partial charge < -0.3 is 14.9 Å². The minimum absolute atomic E-state index is 0.0943. The molecule has 0 aromatic carbocycles. The summed E-state index contributed by atoms with van der Waals surface area (Å²) in [6.45, 7) is 3.81. The zero-order valence-electron chi connectivity index (χ0n) is 16.9. The number of aliphatic hydroxyl groups excluding tert-OH is 2. The molecule has 150 valence electrons. The molecule has 27 heavy (non-hydrogen) atoms. The van der Waals surface area contributed by atoms with Gasteiger partial charge in [-0.1, -0.05) is 30.7 Å². The van der Waals surface area contributed by atoms with E-state index in [0.717, 1.165) is 32.1 Å². The summed E-state index contributed by atoms with van der Waals surface area (Å²) in [6, 6.07) is 0. The molecule has 0 aliphatic heterocycles. The monoisotopic (exact) mass is 374 g/mol. The molecule has 0 radical (unpaired) electrons. The molecule has 2 fully saturated rings. The predicted octanol–water partition coefficient (Wildman–Crippen LogP) is 3.63. The zero-order valence-corrected chi connectivity index (χ0v) is 16.9. The number of carbonyl (C=O) groups excluding carboxylic acids is 1. The zero-order chi connectivity index (χ0) is 19.8. The number of allylic oxidation sites excluding steroid dienone is 2. The van der Waals surface area contributed by atoms with Gasteiger partial charge in [0.2, 0.25) is 0 Å². The number of methoxy groups -OCH3 is 1. The lowest BCUT2D eigenvalue weighted by Gasteiger charge is -2.19. The van der Waals surface area contributed by atoms with Gasteiger partial charge in [-0.25, -0.2) is 0 Å². The second-order valence-corrected chi connectivity index (χ2v) is 8.03. The Hall–Kier alpha value is -1.57. The Labute approximate surface area is 163 Å². The summed E-state index contributed by atoms with van der Waals surface area (Å²) >= 11 is 0. The number of hydrogen-bond donors (Lipinski definition) is 2. The summed E-state index contributed by atoms with van der Waals surface area (Å²) in [4.78, 5) is 11.2. The molecule has 4 heteroatoms. The Balaban J connectivity index is 1.87. The summed E-state index contributed by atoms with van der Waals surface area (Å²) in [7, 11) is 1.42. The van der Waals surface area contributed by atoms with Gasteiger partial charge in [-0.15, -0.1) is 11.8 Å². The maximum absolute atomic E-state index is 11.2. The summed E-state index contributed by atoms with van der Waals surface area (Å²) in [5, 5.41) is 20.8. The van der Waals surface area contributed by atoms with E-state index in [0.29, 0.717) is 24.7 Å². The van der Waals surface area contributed by atoms with Crippen LogP contribution in [0.4, 0.5) is 0 Å². The summed E-state index contributed by atoms with van der Waals surface area (Å²) < 4.78 is 4.67. The molecule has 0 heterocycles. The molecular weight excluding hydrogens is 340 g/mol. The summed E-state index contributed by atoms with van der Waals surface area (Å²) in [6.07, 6.45) is 11.1. The first-order chi connectivity index (χ1) is 13.0. The second-order valence-electron chi connectivity index (χ2n) is 8.03. The van der Waals surface area contributed by atoms with Crippen LogP contribution in [0, 0.1) is 35.5 Å². The third-order valence-electron chi connectivity index (χ3n) is 6.07. The Bertz CT molecular complexity index is 610. The number of unbranched alkanes of at least 4 members (excludes halogenated alkanes) is 1. The molecule has 0 saturated heterocycles. The van der Waals surface area contributed by atoms with E-state index in [1.807, 2.05) is 26.0 Å². The number of rotatable bonds is 8. The largest absolute Gasteiger partial charge is 0.469 e. The van der Waals surface area contributed by atoms with Crippen molar-refractivity contribution in [2.24, 2.45) is 23.7 Å². The molecule has 2 aliphatic carbocycles. The summed E-state index contributed by atoms with van der Waals surface area (Å²) in [5.41, 5.74) is 1.45. The second kappa shape index (κ2) is 10.7. The van der Waals surface area contributed by atoms with Crippen LogP contribution in [-0.2, 0) is 9.53 Å². The van der Waals surface area contributed by atoms with Crippen LogP contribution >= 0.6 is 0 Å². The van der Waals surface area contributed by atoms with Gasteiger partial charge in [0.1, 0.15) is 0 Å². The number of fused-ring (bicyclic) bond motifs is 1. The average Bonchev–Trinajstić information content (AvgIpc) is 3.17. The molecule has 4 nitrogen and oxygen atoms in total. The average molecular weight is 375 g/mol. The topological polar surface area (TPSA) is 66.8 Å². The van der Waals surface area contributed by atoms with E-state index in [9.17, 15) is 15.0 Å². The van der Waals surface area contributed by atoms with Gasteiger partial charge in [0.15, 0.2) is 0 Å². The van der Waals surface area contributed by atoms with E-state index in [1.165, 1.54) is 12.7 Å². The number of ether oxygens (including phenoxy) is 1. The van der Waals surface area contributed by atoms with Gasteiger partial charge in [0.25, 0.3) is 0 Å². The number of esters is 1. The van der Waals surface area contributed by atoms with Crippen LogP contribution in [0.1, 0.15) is 58.8 Å². The van der Waals surface area contributed by atoms with Crippen molar-refractivity contribution in [3.8, 4) is 11.8 Å². The number of aliphatic hydroxyl groups is 2. The number of carbonyl (C=O) groups is 1. The van der Waals surface area contributed by atoms with Crippen molar-refractivity contribution in [3.05, 3.63) is 23.8 Å². The van der Waals surface area contributed by atoms with Crippen molar-refractivity contribution in [1.29, 1.82) is 0 Å². The van der Waals surface area contributed by atoms with E-state index in [1.54, 1.807) is 0 Å². The molecule has 0 bridgehead atoms. The Morgan fingerprint density at radius 2 is 2.19 bits per heavy atom. The van der Waals surface area contributed by atoms with Gasteiger partial charge in [0.05, 0.1) is 19.3 Å². The van der Waals surface area contributed by atoms with Crippen molar-refractivity contribution < 1.29 is 19.7 Å². The Kier molecular flexibility index (Phi) is 8.60. The van der Waals surface area contributed by atoms with Crippen LogP contribution in [-0.4, -0.2) is 35.5 Å². The highest BCUT2D eigenvalue weighted by Crippen LogP contribution is 2.50. The van der Waals surface area contributed by atoms with Crippen molar-refractivity contribution >= 4 is 5.97 Å². The van der Waals surface area contributed by atoms with Crippen LogP contribution in [0.2, 0.25) is 0 Å². The van der Waals surface area contributed by atoms with E-state index in [-0.39, 0.29) is 23.9 Å². The fourth-order valence-electron chi connectivity index (χ4n) is 4.41. The molecule has 0 spiro atoms. The quantitative estimate of drug-likeness (QED) is 0.295. The highest BCUT2D eigenvalue weighted by molar-refractivity contribution is 5.69. The first-order valence-corrected chi connectivity index (χ1v) is 10.1. The van der Waals surface area contributed by atoms with Gasteiger partial charge in [-0.2, -0.15) is 0 Å². The van der Waals surface area contributed by atoms with Crippen LogP contribution in [0.25, 0.3) is 0 Å². The van der Waals surface area contributed by atoms with E-state index in [2.05, 4.69) is 22.7 Å². The predicted molar refractivity (Wildman–Crippen MR) is 107 cm³/mol. The number of hydrogen-bond acceptors (Lipinski definition) is 4. The molecule has 0 aromatic rings. The minimum atomic E-state index is -0.521. The molecule has 2 rings (SSSR count). The molecule has 2 aliphatic rings. The highest BCUT2D eigenvalue weighted by atomic mass is 16.5. The van der Waals surface area contributed by atoms with Gasteiger partial charge in [-0.05, 0) is 56.8 Å². The van der Waals surface area contributed by atoms with Crippen LogP contribution < -0.4 is 0 Å². The normalized spacial score (nSPS) is 30.8. The lowest BCUT2D eigenvalue weighted by Crippen LogP contribution is -2.19. The SMILES string of the molecule is CC#CCC(C)[C@H](O)/C=C/[C@H]1[C@H](O)CC2C/C(=C\CCCC(=O)OC)C[C@@H]21. The molecule has 0 amide bonds. The van der Waals surface area contributed by atoms with Crippen molar-refractivity contribution in [3.63, 3.8) is 0 Å². The van der Waals surface area contributed by atoms with Crippen LogP contribution in [0.3, 0.4) is 0 Å². The van der Waals surface area contributed by atoms with Gasteiger partial charge in [-0.3, -0.25) is 4.79 Å². The van der Waals surface area contributed by atoms with E-state index in [4.69, 9.17) is 0 Å². The molecule has 2 unspecified atom stereocenters. The van der Waals surface area contributed by atoms with Crippen molar-refractivity contribution in [2.45, 2.75) is 71.0 Å². The molecule has 2 N–H and O–H groups in total. The molecular formula is C23H34O4. The molecule has 6 atom stereocenters. The lowest BCUT2D eigenvalue weighted by molar-refractivity contribution is -0.140. The smallest absolute Gasteiger partial charge is 0.305 e. The molecule has 2 saturated carbocycles. The van der Waals surface area contributed by atoms with Gasteiger partial charge >= 0.3 is 5.97 Å². The highest BCUT2D eigenvalue weighted by Gasteiger charge is 2.44. The lowest BCUT2D eigenvalue weighted by atomic mass is 9.89. The fourth-order valence-corrected chi connectivity index (χ4v) is 4.41. The third-order valence-corrected chi connectivity index (χ3v) is 6.07. The van der Waals surface area contributed by atoms with Gasteiger partial charge in [0, 0.05) is 18.8 Å². The molecule has 0 aromatic heterocycles. The van der Waals surface area contributed by atoms with Crippen LogP contribution in [0.15, 0.2) is 23.8 Å². The maximum Gasteiger partial charge on any atom is 0.305 e. The minimum Gasteiger partial charge on any atom is -0.469 e.